The second-order valence-corrected chi connectivity index (χ2v) is 4.41. The Balaban J connectivity index is 2.08. The lowest BCUT2D eigenvalue weighted by molar-refractivity contribution is 0.773. The van der Waals surface area contributed by atoms with E-state index in [0.717, 1.165) is 6.42 Å². The average molecular weight is 226 g/mol. The molecule has 1 aromatic heterocycles. The van der Waals surface area contributed by atoms with E-state index in [4.69, 9.17) is 5.73 Å². The number of nitrogens with zero attached hydrogens (tertiary/aromatic N) is 1. The Morgan fingerprint density at radius 3 is 2.18 bits per heavy atom. The monoisotopic (exact) mass is 226 g/mol. The molecule has 2 nitrogen and oxygen atoms in total. The third-order valence-corrected chi connectivity index (χ3v) is 3.06. The van der Waals surface area contributed by atoms with Crippen molar-refractivity contribution in [1.82, 2.24) is 4.98 Å². The van der Waals surface area contributed by atoms with Crippen LogP contribution in [-0.4, -0.2) is 11.5 Å². The van der Waals surface area contributed by atoms with E-state index in [1.54, 1.807) is 0 Å². The van der Waals surface area contributed by atoms with Crippen LogP contribution in [-0.2, 0) is 6.42 Å². The van der Waals surface area contributed by atoms with Crippen molar-refractivity contribution >= 4 is 0 Å². The van der Waals surface area contributed by atoms with Crippen molar-refractivity contribution in [3.63, 3.8) is 0 Å². The molecule has 88 valence electrons. The summed E-state index contributed by atoms with van der Waals surface area (Å²) in [7, 11) is 0. The first-order chi connectivity index (χ1) is 8.29. The summed E-state index contributed by atoms with van der Waals surface area (Å²) in [6.07, 6.45) is 4.63. The van der Waals surface area contributed by atoms with E-state index >= 15 is 0 Å². The van der Waals surface area contributed by atoms with E-state index in [1.807, 2.05) is 12.4 Å². The Bertz CT molecular complexity index is 448. The molecular formula is C15H18N2. The third kappa shape index (κ3) is 3.14. The number of rotatable bonds is 4. The Hall–Kier alpha value is -1.67. The molecule has 2 N–H and O–H groups in total. The number of pyridine rings is 1. The number of nitrogens with two attached hydrogens (primary N) is 1. The van der Waals surface area contributed by atoms with Crippen molar-refractivity contribution in [2.45, 2.75) is 19.3 Å². The van der Waals surface area contributed by atoms with Crippen molar-refractivity contribution in [1.29, 1.82) is 0 Å². The van der Waals surface area contributed by atoms with Gasteiger partial charge in [0.1, 0.15) is 0 Å². The molecule has 0 saturated carbocycles. The van der Waals surface area contributed by atoms with E-state index in [2.05, 4.69) is 48.3 Å². The SMILES string of the molecule is CC(CN)c1ccc(Cc2ccncc2)cc1. The fourth-order valence-electron chi connectivity index (χ4n) is 1.84. The van der Waals surface area contributed by atoms with Gasteiger partial charge in [-0.3, -0.25) is 4.98 Å². The minimum absolute atomic E-state index is 0.435. The molecule has 0 bridgehead atoms. The van der Waals surface area contributed by atoms with Crippen LogP contribution in [0.5, 0.6) is 0 Å². The topological polar surface area (TPSA) is 38.9 Å². The smallest absolute Gasteiger partial charge is 0.0270 e. The van der Waals surface area contributed by atoms with E-state index in [9.17, 15) is 0 Å². The van der Waals surface area contributed by atoms with Crippen LogP contribution in [0.1, 0.15) is 29.5 Å². The maximum Gasteiger partial charge on any atom is 0.0270 e. The highest BCUT2D eigenvalue weighted by atomic mass is 14.6. The first-order valence-electron chi connectivity index (χ1n) is 5.97. The predicted octanol–water partition coefficient (Wildman–Crippen LogP) is 2.73. The van der Waals surface area contributed by atoms with Gasteiger partial charge in [0, 0.05) is 12.4 Å². The standard InChI is InChI=1S/C15H18N2/c1-12(11-16)15-4-2-13(3-5-15)10-14-6-8-17-9-7-14/h2-9,12H,10-11,16H2,1H3. The van der Waals surface area contributed by atoms with Crippen LogP contribution < -0.4 is 5.73 Å². The number of aromatic nitrogens is 1. The zero-order valence-electron chi connectivity index (χ0n) is 10.1. The molecule has 1 unspecified atom stereocenters. The van der Waals surface area contributed by atoms with Crippen LogP contribution in [0.3, 0.4) is 0 Å². The highest BCUT2D eigenvalue weighted by Gasteiger charge is 2.02. The fourth-order valence-corrected chi connectivity index (χ4v) is 1.84. The molecule has 2 aromatic rings. The third-order valence-electron chi connectivity index (χ3n) is 3.06. The molecule has 2 rings (SSSR count). The van der Waals surface area contributed by atoms with Crippen molar-refractivity contribution in [3.05, 3.63) is 65.5 Å². The second-order valence-electron chi connectivity index (χ2n) is 4.41. The first kappa shape index (κ1) is 11.8. The Kier molecular flexibility index (Phi) is 3.89. The van der Waals surface area contributed by atoms with Crippen LogP contribution in [0.4, 0.5) is 0 Å². The highest BCUT2D eigenvalue weighted by Crippen LogP contribution is 2.16. The van der Waals surface area contributed by atoms with Gasteiger partial charge in [0.25, 0.3) is 0 Å². The maximum atomic E-state index is 5.66. The molecule has 0 spiro atoms. The van der Waals surface area contributed by atoms with Gasteiger partial charge in [-0.05, 0) is 47.7 Å². The van der Waals surface area contributed by atoms with Crippen LogP contribution in [0.25, 0.3) is 0 Å². The molecule has 1 atom stereocenters. The number of hydrogen-bond acceptors (Lipinski definition) is 2. The summed E-state index contributed by atoms with van der Waals surface area (Å²) < 4.78 is 0. The number of benzene rings is 1. The molecule has 1 aromatic carbocycles. The van der Waals surface area contributed by atoms with Crippen LogP contribution in [0.2, 0.25) is 0 Å². The average Bonchev–Trinajstić information content (AvgIpc) is 2.40. The Morgan fingerprint density at radius 1 is 1.00 bits per heavy atom. The lowest BCUT2D eigenvalue weighted by atomic mass is 9.98. The molecule has 0 radical (unpaired) electrons. The minimum atomic E-state index is 0.435. The van der Waals surface area contributed by atoms with Crippen molar-refractivity contribution in [3.8, 4) is 0 Å². The van der Waals surface area contributed by atoms with Gasteiger partial charge < -0.3 is 5.73 Å². The van der Waals surface area contributed by atoms with Gasteiger partial charge in [0.2, 0.25) is 0 Å². The van der Waals surface area contributed by atoms with E-state index in [0.29, 0.717) is 12.5 Å². The van der Waals surface area contributed by atoms with Gasteiger partial charge in [-0.15, -0.1) is 0 Å². The Morgan fingerprint density at radius 2 is 1.59 bits per heavy atom. The minimum Gasteiger partial charge on any atom is -0.330 e. The maximum absolute atomic E-state index is 5.66. The normalized spacial score (nSPS) is 12.4. The van der Waals surface area contributed by atoms with Crippen molar-refractivity contribution in [2.24, 2.45) is 5.73 Å². The lowest BCUT2D eigenvalue weighted by Gasteiger charge is -2.09. The van der Waals surface area contributed by atoms with Gasteiger partial charge in [-0.2, -0.15) is 0 Å². The molecule has 0 amide bonds. The van der Waals surface area contributed by atoms with E-state index in [-0.39, 0.29) is 0 Å². The molecule has 2 heteroatoms. The molecule has 0 saturated heterocycles. The summed E-state index contributed by atoms with van der Waals surface area (Å²) in [4.78, 5) is 4.02. The highest BCUT2D eigenvalue weighted by molar-refractivity contribution is 5.29. The van der Waals surface area contributed by atoms with Gasteiger partial charge in [0.15, 0.2) is 0 Å². The zero-order chi connectivity index (χ0) is 12.1. The van der Waals surface area contributed by atoms with Gasteiger partial charge in [-0.1, -0.05) is 31.2 Å². The summed E-state index contributed by atoms with van der Waals surface area (Å²) in [5.41, 5.74) is 9.58. The largest absolute Gasteiger partial charge is 0.330 e. The van der Waals surface area contributed by atoms with Gasteiger partial charge >= 0.3 is 0 Å². The quantitative estimate of drug-likeness (QED) is 0.870. The molecule has 17 heavy (non-hydrogen) atoms. The second kappa shape index (κ2) is 5.60. The summed E-state index contributed by atoms with van der Waals surface area (Å²) in [5, 5.41) is 0. The van der Waals surface area contributed by atoms with Crippen molar-refractivity contribution in [2.75, 3.05) is 6.54 Å². The van der Waals surface area contributed by atoms with E-state index < -0.39 is 0 Å². The molecule has 0 fully saturated rings. The molecule has 0 aliphatic rings. The van der Waals surface area contributed by atoms with Crippen LogP contribution >= 0.6 is 0 Å². The van der Waals surface area contributed by atoms with E-state index in [1.165, 1.54) is 16.7 Å². The van der Waals surface area contributed by atoms with Gasteiger partial charge in [-0.25, -0.2) is 0 Å². The fraction of sp³-hybridized carbons (Fsp3) is 0.267. The summed E-state index contributed by atoms with van der Waals surface area (Å²) in [5.74, 6) is 0.435. The first-order valence-corrected chi connectivity index (χ1v) is 5.97. The van der Waals surface area contributed by atoms with Crippen LogP contribution in [0.15, 0.2) is 48.8 Å². The lowest BCUT2D eigenvalue weighted by Crippen LogP contribution is -2.08. The molecule has 0 aliphatic carbocycles. The molecule has 0 aliphatic heterocycles. The molecule has 1 heterocycles. The Labute approximate surface area is 103 Å². The molecular weight excluding hydrogens is 208 g/mol. The zero-order valence-corrected chi connectivity index (χ0v) is 10.1. The predicted molar refractivity (Wildman–Crippen MR) is 71.0 cm³/mol. The van der Waals surface area contributed by atoms with Crippen LogP contribution in [0, 0.1) is 0 Å². The van der Waals surface area contributed by atoms with Gasteiger partial charge in [0.05, 0.1) is 0 Å². The number of hydrogen-bond donors (Lipinski definition) is 1. The summed E-state index contributed by atoms with van der Waals surface area (Å²) in [6, 6.07) is 12.8. The summed E-state index contributed by atoms with van der Waals surface area (Å²) >= 11 is 0. The summed E-state index contributed by atoms with van der Waals surface area (Å²) in [6.45, 7) is 2.85. The van der Waals surface area contributed by atoms with Crippen molar-refractivity contribution < 1.29 is 0 Å².